The van der Waals surface area contributed by atoms with Crippen molar-refractivity contribution in [2.24, 2.45) is 0 Å². The lowest BCUT2D eigenvalue weighted by molar-refractivity contribution is -0.122. The number of rotatable bonds is 3. The molecule has 0 N–H and O–H groups in total. The molecule has 100 valence electrons. The van der Waals surface area contributed by atoms with E-state index in [0.29, 0.717) is 17.7 Å². The zero-order chi connectivity index (χ0) is 14.3. The Labute approximate surface area is 112 Å². The fourth-order valence-corrected chi connectivity index (χ4v) is 2.43. The highest BCUT2D eigenvalue weighted by molar-refractivity contribution is 6.53. The Balaban J connectivity index is 2.61. The van der Waals surface area contributed by atoms with Gasteiger partial charge in [0.15, 0.2) is 5.78 Å². The lowest BCUT2D eigenvalue weighted by atomic mass is 10.0. The number of aryl methyl sites for hydroxylation is 1. The second-order valence-corrected chi connectivity index (χ2v) is 4.90. The Kier molecular flexibility index (Phi) is 3.27. The van der Waals surface area contributed by atoms with E-state index in [4.69, 9.17) is 0 Å². The molecule has 0 spiro atoms. The van der Waals surface area contributed by atoms with Crippen molar-refractivity contribution in [3.63, 3.8) is 0 Å². The highest BCUT2D eigenvalue weighted by atomic mass is 16.2. The fourth-order valence-electron chi connectivity index (χ4n) is 2.43. The molecule has 4 heteroatoms. The summed E-state index contributed by atoms with van der Waals surface area (Å²) in [6, 6.07) is 2.90. The summed E-state index contributed by atoms with van der Waals surface area (Å²) in [6.45, 7) is 7.22. The molecule has 0 bridgehead atoms. The van der Waals surface area contributed by atoms with E-state index in [9.17, 15) is 14.4 Å². The molecule has 1 aliphatic rings. The minimum absolute atomic E-state index is 0.0464. The average Bonchev–Trinajstić information content (AvgIpc) is 2.65. The van der Waals surface area contributed by atoms with Crippen LogP contribution in [0.1, 0.15) is 41.8 Å². The van der Waals surface area contributed by atoms with E-state index >= 15 is 0 Å². The van der Waals surface area contributed by atoms with Crippen molar-refractivity contribution in [2.45, 2.75) is 40.2 Å². The summed E-state index contributed by atoms with van der Waals surface area (Å²) in [5, 5.41) is 0. The lowest BCUT2D eigenvalue weighted by Crippen LogP contribution is -2.42. The zero-order valence-corrected chi connectivity index (χ0v) is 11.6. The first-order valence-corrected chi connectivity index (χ1v) is 6.41. The molecule has 1 atom stereocenters. The summed E-state index contributed by atoms with van der Waals surface area (Å²) in [4.78, 5) is 37.3. The Hall–Kier alpha value is -1.97. The van der Waals surface area contributed by atoms with Crippen LogP contribution in [-0.4, -0.2) is 23.5 Å². The van der Waals surface area contributed by atoms with E-state index in [-0.39, 0.29) is 5.78 Å². The third kappa shape index (κ3) is 1.87. The first-order chi connectivity index (χ1) is 8.90. The van der Waals surface area contributed by atoms with Crippen molar-refractivity contribution >= 4 is 23.2 Å². The normalized spacial score (nSPS) is 15.7. The topological polar surface area (TPSA) is 54.5 Å². The van der Waals surface area contributed by atoms with E-state index in [1.54, 1.807) is 19.9 Å². The minimum atomic E-state index is -0.599. The molecule has 0 aromatic heterocycles. The standard InChI is InChI=1S/C15H17NO3/c1-5-12(17)10(4)16-13-9(3)8(2)6-7-11(13)14(18)15(16)19/h6-7,10H,5H2,1-4H3. The predicted molar refractivity (Wildman–Crippen MR) is 72.5 cm³/mol. The summed E-state index contributed by atoms with van der Waals surface area (Å²) in [5.74, 6) is -1.17. The molecule has 1 unspecified atom stereocenters. The molecular formula is C15H17NO3. The third-order valence-electron chi connectivity index (χ3n) is 3.80. The molecular weight excluding hydrogens is 242 g/mol. The van der Waals surface area contributed by atoms with Gasteiger partial charge in [-0.25, -0.2) is 0 Å². The number of hydrogen-bond donors (Lipinski definition) is 0. The van der Waals surface area contributed by atoms with Crippen LogP contribution in [0.25, 0.3) is 0 Å². The molecule has 2 rings (SSSR count). The number of carbonyl (C=O) groups is 3. The number of Topliss-reactive ketones (excluding diaryl/α,β-unsaturated/α-hetero) is 2. The summed E-state index contributed by atoms with van der Waals surface area (Å²) < 4.78 is 0. The molecule has 1 heterocycles. The molecule has 0 saturated heterocycles. The highest BCUT2D eigenvalue weighted by Crippen LogP contribution is 2.35. The zero-order valence-electron chi connectivity index (χ0n) is 11.6. The Morgan fingerprint density at radius 3 is 2.47 bits per heavy atom. The summed E-state index contributed by atoms with van der Waals surface area (Å²) in [5.41, 5.74) is 2.89. The largest absolute Gasteiger partial charge is 0.300 e. The Bertz CT molecular complexity index is 589. The van der Waals surface area contributed by atoms with E-state index in [1.165, 1.54) is 4.90 Å². The van der Waals surface area contributed by atoms with Gasteiger partial charge in [0.2, 0.25) is 0 Å². The van der Waals surface area contributed by atoms with Crippen molar-refractivity contribution in [1.29, 1.82) is 0 Å². The summed E-state index contributed by atoms with van der Waals surface area (Å²) >= 11 is 0. The van der Waals surface area contributed by atoms with Gasteiger partial charge in [-0.15, -0.1) is 0 Å². The molecule has 1 aliphatic heterocycles. The monoisotopic (exact) mass is 259 g/mol. The average molecular weight is 259 g/mol. The second-order valence-electron chi connectivity index (χ2n) is 4.90. The van der Waals surface area contributed by atoms with Gasteiger partial charge in [-0.05, 0) is 38.0 Å². The molecule has 1 aromatic rings. The quantitative estimate of drug-likeness (QED) is 0.782. The van der Waals surface area contributed by atoms with Crippen LogP contribution in [0.3, 0.4) is 0 Å². The summed E-state index contributed by atoms with van der Waals surface area (Å²) in [6.07, 6.45) is 0.347. The maximum absolute atomic E-state index is 12.1. The van der Waals surface area contributed by atoms with Crippen LogP contribution in [0, 0.1) is 13.8 Å². The van der Waals surface area contributed by atoms with Crippen LogP contribution >= 0.6 is 0 Å². The van der Waals surface area contributed by atoms with Gasteiger partial charge in [0.05, 0.1) is 17.3 Å². The van der Waals surface area contributed by atoms with E-state index in [2.05, 4.69) is 0 Å². The SMILES string of the molecule is CCC(=O)C(C)N1C(=O)C(=O)c2ccc(C)c(C)c21. The predicted octanol–water partition coefficient (Wildman–Crippen LogP) is 2.20. The number of fused-ring (bicyclic) bond motifs is 1. The van der Waals surface area contributed by atoms with E-state index in [1.807, 2.05) is 19.9 Å². The molecule has 0 radical (unpaired) electrons. The van der Waals surface area contributed by atoms with Gasteiger partial charge < -0.3 is 0 Å². The van der Waals surface area contributed by atoms with Crippen LogP contribution in [0.5, 0.6) is 0 Å². The molecule has 0 aliphatic carbocycles. The lowest BCUT2D eigenvalue weighted by Gasteiger charge is -2.25. The van der Waals surface area contributed by atoms with Crippen LogP contribution < -0.4 is 4.90 Å². The van der Waals surface area contributed by atoms with Gasteiger partial charge in [-0.2, -0.15) is 0 Å². The minimum Gasteiger partial charge on any atom is -0.297 e. The Morgan fingerprint density at radius 1 is 1.26 bits per heavy atom. The van der Waals surface area contributed by atoms with E-state index in [0.717, 1.165) is 11.1 Å². The van der Waals surface area contributed by atoms with Gasteiger partial charge in [-0.1, -0.05) is 13.0 Å². The highest BCUT2D eigenvalue weighted by Gasteiger charge is 2.41. The first kappa shape index (κ1) is 13.5. The van der Waals surface area contributed by atoms with Crippen molar-refractivity contribution < 1.29 is 14.4 Å². The number of anilines is 1. The number of nitrogens with zero attached hydrogens (tertiary/aromatic N) is 1. The van der Waals surface area contributed by atoms with Gasteiger partial charge in [0, 0.05) is 6.42 Å². The number of ketones is 2. The van der Waals surface area contributed by atoms with Gasteiger partial charge in [0.1, 0.15) is 0 Å². The van der Waals surface area contributed by atoms with Gasteiger partial charge in [0.25, 0.3) is 11.7 Å². The molecule has 19 heavy (non-hydrogen) atoms. The van der Waals surface area contributed by atoms with Crippen molar-refractivity contribution in [2.75, 3.05) is 4.90 Å². The molecule has 1 amide bonds. The van der Waals surface area contributed by atoms with Crippen molar-refractivity contribution in [3.8, 4) is 0 Å². The van der Waals surface area contributed by atoms with Gasteiger partial charge >= 0.3 is 0 Å². The summed E-state index contributed by atoms with van der Waals surface area (Å²) in [7, 11) is 0. The molecule has 0 saturated carbocycles. The second kappa shape index (κ2) is 4.61. The third-order valence-corrected chi connectivity index (χ3v) is 3.80. The van der Waals surface area contributed by atoms with E-state index < -0.39 is 17.7 Å². The molecule has 0 fully saturated rings. The number of amides is 1. The fraction of sp³-hybridized carbons (Fsp3) is 0.400. The maximum atomic E-state index is 12.1. The number of hydrogen-bond acceptors (Lipinski definition) is 3. The van der Waals surface area contributed by atoms with Crippen LogP contribution in [-0.2, 0) is 9.59 Å². The number of benzene rings is 1. The maximum Gasteiger partial charge on any atom is 0.300 e. The number of carbonyl (C=O) groups excluding carboxylic acids is 3. The Morgan fingerprint density at radius 2 is 1.89 bits per heavy atom. The van der Waals surface area contributed by atoms with Crippen molar-refractivity contribution in [1.82, 2.24) is 0 Å². The van der Waals surface area contributed by atoms with Crippen molar-refractivity contribution in [3.05, 3.63) is 28.8 Å². The smallest absolute Gasteiger partial charge is 0.297 e. The van der Waals surface area contributed by atoms with Gasteiger partial charge in [-0.3, -0.25) is 19.3 Å². The molecule has 4 nitrogen and oxygen atoms in total. The first-order valence-electron chi connectivity index (χ1n) is 6.41. The van der Waals surface area contributed by atoms with Crippen LogP contribution in [0.15, 0.2) is 12.1 Å². The van der Waals surface area contributed by atoms with Crippen LogP contribution in [0.2, 0.25) is 0 Å². The van der Waals surface area contributed by atoms with Crippen LogP contribution in [0.4, 0.5) is 5.69 Å². The molecule has 1 aromatic carbocycles.